The zero-order chi connectivity index (χ0) is 27.9. The van der Waals surface area contributed by atoms with Gasteiger partial charge in [-0.15, -0.1) is 22.7 Å². The Morgan fingerprint density at radius 1 is 1.18 bits per heavy atom. The molecule has 1 aliphatic heterocycles. The molecule has 3 heterocycles. The number of hydrogen-bond donors (Lipinski definition) is 1. The predicted octanol–water partition coefficient (Wildman–Crippen LogP) is 7.08. The molecule has 1 aromatic carbocycles. The van der Waals surface area contributed by atoms with Crippen LogP contribution in [0.5, 0.6) is 0 Å². The predicted molar refractivity (Wildman–Crippen MR) is 161 cm³/mol. The Kier molecular flexibility index (Phi) is 8.28. The molecule has 10 heteroatoms. The van der Waals surface area contributed by atoms with Crippen molar-refractivity contribution in [3.05, 3.63) is 49.1 Å². The van der Waals surface area contributed by atoms with E-state index in [1.807, 2.05) is 17.0 Å². The molecule has 1 fully saturated rings. The molecule has 2 amide bonds. The molecule has 2 aromatic heterocycles. The number of carbonyl (C=O) groups is 2. The number of piperazine rings is 1. The molecule has 2 aliphatic rings. The SMILES string of the molecule is CCC(C)(C)C1CCc2c(sc(NC(=O)CN3CCN(C(=O)c4sc5cc(Cl)ccc5c4Cl)CC3)c2C#N)C1. The van der Waals surface area contributed by atoms with Crippen LogP contribution in [-0.2, 0) is 17.6 Å². The third-order valence-corrected chi connectivity index (χ3v) is 11.5. The molecule has 206 valence electrons. The van der Waals surface area contributed by atoms with Crippen molar-refractivity contribution in [3.63, 3.8) is 0 Å². The number of rotatable bonds is 6. The minimum Gasteiger partial charge on any atom is -0.335 e. The molecule has 1 saturated heterocycles. The Balaban J connectivity index is 1.18. The van der Waals surface area contributed by atoms with Crippen LogP contribution in [0.3, 0.4) is 0 Å². The summed E-state index contributed by atoms with van der Waals surface area (Å²) in [6, 6.07) is 7.79. The van der Waals surface area contributed by atoms with Crippen LogP contribution < -0.4 is 5.32 Å². The summed E-state index contributed by atoms with van der Waals surface area (Å²) in [6.07, 6.45) is 4.07. The highest BCUT2D eigenvalue weighted by Crippen LogP contribution is 2.45. The number of anilines is 1. The van der Waals surface area contributed by atoms with Crippen LogP contribution in [0.2, 0.25) is 10.0 Å². The summed E-state index contributed by atoms with van der Waals surface area (Å²) in [4.78, 5) is 31.8. The van der Waals surface area contributed by atoms with Gasteiger partial charge in [-0.3, -0.25) is 14.5 Å². The number of nitrogens with one attached hydrogen (secondary N) is 1. The Labute approximate surface area is 247 Å². The van der Waals surface area contributed by atoms with Crippen LogP contribution in [0.1, 0.15) is 59.3 Å². The summed E-state index contributed by atoms with van der Waals surface area (Å²) < 4.78 is 0.891. The first-order valence-corrected chi connectivity index (χ1v) is 15.7. The summed E-state index contributed by atoms with van der Waals surface area (Å²) in [5, 5.41) is 15.5. The number of hydrogen-bond acceptors (Lipinski definition) is 6. The highest BCUT2D eigenvalue weighted by molar-refractivity contribution is 7.21. The molecule has 1 aliphatic carbocycles. The summed E-state index contributed by atoms with van der Waals surface area (Å²) in [7, 11) is 0. The minimum absolute atomic E-state index is 0.0891. The molecule has 1 atom stereocenters. The van der Waals surface area contributed by atoms with Crippen molar-refractivity contribution < 1.29 is 9.59 Å². The number of halogens is 2. The first kappa shape index (κ1) is 28.4. The highest BCUT2D eigenvalue weighted by Gasteiger charge is 2.34. The second kappa shape index (κ2) is 11.4. The number of carbonyl (C=O) groups excluding carboxylic acids is 2. The van der Waals surface area contributed by atoms with Crippen LogP contribution in [0.25, 0.3) is 10.1 Å². The molecule has 0 bridgehead atoms. The van der Waals surface area contributed by atoms with Gasteiger partial charge in [0, 0.05) is 46.2 Å². The van der Waals surface area contributed by atoms with E-state index in [0.717, 1.165) is 41.3 Å². The van der Waals surface area contributed by atoms with Gasteiger partial charge >= 0.3 is 0 Å². The van der Waals surface area contributed by atoms with Crippen LogP contribution in [0.4, 0.5) is 5.00 Å². The van der Waals surface area contributed by atoms with E-state index in [1.165, 1.54) is 16.2 Å². The van der Waals surface area contributed by atoms with Crippen molar-refractivity contribution in [2.24, 2.45) is 11.3 Å². The molecule has 3 aromatic rings. The second-order valence-corrected chi connectivity index (χ2v) is 14.1. The van der Waals surface area contributed by atoms with E-state index in [4.69, 9.17) is 23.2 Å². The van der Waals surface area contributed by atoms with Crippen molar-refractivity contribution in [1.82, 2.24) is 9.80 Å². The monoisotopic (exact) mass is 602 g/mol. The van der Waals surface area contributed by atoms with Crippen molar-refractivity contribution in [3.8, 4) is 6.07 Å². The molecule has 6 nitrogen and oxygen atoms in total. The average Bonchev–Trinajstić information content (AvgIpc) is 3.43. The number of benzene rings is 1. The zero-order valence-corrected chi connectivity index (χ0v) is 25.5. The molecule has 0 saturated carbocycles. The zero-order valence-electron chi connectivity index (χ0n) is 22.4. The lowest BCUT2D eigenvalue weighted by atomic mass is 9.69. The maximum absolute atomic E-state index is 13.2. The smallest absolute Gasteiger partial charge is 0.265 e. The maximum Gasteiger partial charge on any atom is 0.265 e. The molecular weight excluding hydrogens is 571 g/mol. The Morgan fingerprint density at radius 3 is 2.62 bits per heavy atom. The average molecular weight is 604 g/mol. The fourth-order valence-electron chi connectivity index (χ4n) is 5.55. The first-order chi connectivity index (χ1) is 18.6. The number of amides is 2. The lowest BCUT2D eigenvalue weighted by Gasteiger charge is -2.36. The van der Waals surface area contributed by atoms with E-state index in [1.54, 1.807) is 22.3 Å². The Hall–Kier alpha value is -2.15. The van der Waals surface area contributed by atoms with Gasteiger partial charge in [-0.1, -0.05) is 56.5 Å². The lowest BCUT2D eigenvalue weighted by molar-refractivity contribution is -0.117. The van der Waals surface area contributed by atoms with Gasteiger partial charge < -0.3 is 10.2 Å². The van der Waals surface area contributed by atoms with E-state index < -0.39 is 0 Å². The van der Waals surface area contributed by atoms with Gasteiger partial charge in [0.1, 0.15) is 15.9 Å². The topological polar surface area (TPSA) is 76.4 Å². The van der Waals surface area contributed by atoms with Gasteiger partial charge in [0.15, 0.2) is 0 Å². The molecule has 0 spiro atoms. The highest BCUT2D eigenvalue weighted by atomic mass is 35.5. The minimum atomic E-state index is -0.125. The lowest BCUT2D eigenvalue weighted by Crippen LogP contribution is -2.50. The van der Waals surface area contributed by atoms with Crippen LogP contribution in [0.15, 0.2) is 18.2 Å². The molecule has 0 radical (unpaired) electrons. The van der Waals surface area contributed by atoms with Crippen molar-refractivity contribution in [1.29, 1.82) is 5.26 Å². The van der Waals surface area contributed by atoms with Gasteiger partial charge in [-0.05, 0) is 48.3 Å². The molecule has 5 rings (SSSR count). The van der Waals surface area contributed by atoms with E-state index in [9.17, 15) is 14.9 Å². The third kappa shape index (κ3) is 5.71. The van der Waals surface area contributed by atoms with Gasteiger partial charge in [0.05, 0.1) is 17.1 Å². The number of nitrogens with zero attached hydrogens (tertiary/aromatic N) is 3. The van der Waals surface area contributed by atoms with Crippen molar-refractivity contribution in [2.45, 2.75) is 46.5 Å². The fourth-order valence-corrected chi connectivity index (χ4v) is 8.60. The maximum atomic E-state index is 13.2. The van der Waals surface area contributed by atoms with Gasteiger partial charge in [-0.25, -0.2) is 0 Å². The van der Waals surface area contributed by atoms with E-state index in [2.05, 4.69) is 32.2 Å². The molecule has 39 heavy (non-hydrogen) atoms. The summed E-state index contributed by atoms with van der Waals surface area (Å²) >= 11 is 15.6. The normalized spacial score (nSPS) is 18.2. The van der Waals surface area contributed by atoms with Crippen molar-refractivity contribution >= 4 is 72.8 Å². The summed E-state index contributed by atoms with van der Waals surface area (Å²) in [5.74, 6) is 0.372. The van der Waals surface area contributed by atoms with E-state index >= 15 is 0 Å². The second-order valence-electron chi connectivity index (χ2n) is 11.1. The van der Waals surface area contributed by atoms with Crippen LogP contribution in [0, 0.1) is 22.7 Å². The van der Waals surface area contributed by atoms with E-state index in [0.29, 0.717) is 57.6 Å². The largest absolute Gasteiger partial charge is 0.335 e. The number of thiophene rings is 2. The van der Waals surface area contributed by atoms with Crippen LogP contribution >= 0.6 is 45.9 Å². The Morgan fingerprint density at radius 2 is 1.92 bits per heavy atom. The first-order valence-electron chi connectivity index (χ1n) is 13.3. The summed E-state index contributed by atoms with van der Waals surface area (Å²) in [6.45, 7) is 9.33. The van der Waals surface area contributed by atoms with Crippen molar-refractivity contribution in [2.75, 3.05) is 38.0 Å². The number of fused-ring (bicyclic) bond motifs is 2. The van der Waals surface area contributed by atoms with Gasteiger partial charge in [0.2, 0.25) is 5.91 Å². The van der Waals surface area contributed by atoms with Crippen LogP contribution in [-0.4, -0.2) is 54.3 Å². The summed E-state index contributed by atoms with van der Waals surface area (Å²) in [5.41, 5.74) is 2.01. The third-order valence-electron chi connectivity index (χ3n) is 8.46. The fraction of sp³-hybridized carbons (Fsp3) is 0.483. The number of nitriles is 1. The Bertz CT molecular complexity index is 1460. The molecule has 1 N–H and O–H groups in total. The van der Waals surface area contributed by atoms with Gasteiger partial charge in [-0.2, -0.15) is 5.26 Å². The molecular formula is C29H32Cl2N4O2S2. The van der Waals surface area contributed by atoms with Gasteiger partial charge in [0.25, 0.3) is 5.91 Å². The standard InChI is InChI=1S/C29H32Cl2N4O2S2/c1-4-29(2,3)17-5-7-19-21(15-32)27(39-22(19)13-17)33-24(36)16-34-9-11-35(12-10-34)28(37)26-25(31)20-8-6-18(30)14-23(20)38-26/h6,8,14,17H,4-5,7,9-13,16H2,1-3H3,(H,33,36). The molecule has 1 unspecified atom stereocenters. The quantitative estimate of drug-likeness (QED) is 0.327. The van der Waals surface area contributed by atoms with E-state index in [-0.39, 0.29) is 23.8 Å².